The van der Waals surface area contributed by atoms with E-state index in [1.165, 1.54) is 24.3 Å². The summed E-state index contributed by atoms with van der Waals surface area (Å²) in [6.45, 7) is 3.01. The fraction of sp³-hybridized carbons (Fsp3) is 0.188. The molecule has 0 saturated heterocycles. The molecule has 0 radical (unpaired) electrons. The fourth-order valence-electron chi connectivity index (χ4n) is 1.96. The Morgan fingerprint density at radius 1 is 1.23 bits per heavy atom. The van der Waals surface area contributed by atoms with Crippen LogP contribution in [0.2, 0.25) is 5.15 Å². The molecule has 0 fully saturated rings. The van der Waals surface area contributed by atoms with Crippen LogP contribution >= 0.6 is 11.6 Å². The second-order valence-electron chi connectivity index (χ2n) is 4.75. The number of pyridine rings is 1. The Kier molecular flexibility index (Phi) is 4.88. The standard InChI is InChI=1S/C16H13ClFNO3/c1-9-7-10(2)19-15(17)14(9)16(21)22-8-13(20)11-3-5-12(18)6-4-11/h3-7H,8H2,1-2H3. The predicted octanol–water partition coefficient (Wildman–Crippen LogP) is 3.53. The van der Waals surface area contributed by atoms with Gasteiger partial charge in [0.15, 0.2) is 12.4 Å². The molecule has 0 spiro atoms. The van der Waals surface area contributed by atoms with Gasteiger partial charge in [0, 0.05) is 11.3 Å². The van der Waals surface area contributed by atoms with Crippen molar-refractivity contribution in [3.8, 4) is 0 Å². The molecule has 4 nitrogen and oxygen atoms in total. The number of ketones is 1. The first kappa shape index (κ1) is 16.1. The zero-order valence-electron chi connectivity index (χ0n) is 12.0. The van der Waals surface area contributed by atoms with Crippen LogP contribution in [0.15, 0.2) is 30.3 Å². The average Bonchev–Trinajstić information content (AvgIpc) is 2.44. The van der Waals surface area contributed by atoms with Crippen molar-refractivity contribution in [2.24, 2.45) is 0 Å². The molecule has 0 atom stereocenters. The predicted molar refractivity (Wildman–Crippen MR) is 79.7 cm³/mol. The summed E-state index contributed by atoms with van der Waals surface area (Å²) in [6.07, 6.45) is 0. The van der Waals surface area contributed by atoms with Gasteiger partial charge in [0.2, 0.25) is 0 Å². The minimum absolute atomic E-state index is 0.0386. The molecule has 114 valence electrons. The summed E-state index contributed by atoms with van der Waals surface area (Å²) in [5, 5.41) is 0.0386. The van der Waals surface area contributed by atoms with Crippen LogP contribution in [0.5, 0.6) is 0 Å². The van der Waals surface area contributed by atoms with E-state index in [1.54, 1.807) is 19.9 Å². The van der Waals surface area contributed by atoms with Gasteiger partial charge in [-0.3, -0.25) is 4.79 Å². The molecule has 0 aliphatic rings. The maximum absolute atomic E-state index is 12.8. The maximum Gasteiger partial charge on any atom is 0.342 e. The summed E-state index contributed by atoms with van der Waals surface area (Å²) in [4.78, 5) is 27.9. The van der Waals surface area contributed by atoms with Crippen LogP contribution in [0.1, 0.15) is 32.0 Å². The lowest BCUT2D eigenvalue weighted by atomic mass is 10.1. The van der Waals surface area contributed by atoms with Crippen LogP contribution in [0.4, 0.5) is 4.39 Å². The molecule has 22 heavy (non-hydrogen) atoms. The van der Waals surface area contributed by atoms with E-state index in [9.17, 15) is 14.0 Å². The molecule has 0 amide bonds. The highest BCUT2D eigenvalue weighted by molar-refractivity contribution is 6.32. The molecule has 2 rings (SSSR count). The normalized spacial score (nSPS) is 10.4. The van der Waals surface area contributed by atoms with Gasteiger partial charge < -0.3 is 4.74 Å². The first-order valence-corrected chi connectivity index (χ1v) is 6.86. The Bertz CT molecular complexity index is 706. The minimum atomic E-state index is -0.717. The summed E-state index contributed by atoms with van der Waals surface area (Å²) >= 11 is 5.94. The van der Waals surface area contributed by atoms with Crippen molar-refractivity contribution in [1.29, 1.82) is 0 Å². The Hall–Kier alpha value is -2.27. The topological polar surface area (TPSA) is 56.3 Å². The van der Waals surface area contributed by atoms with E-state index >= 15 is 0 Å². The average molecular weight is 322 g/mol. The summed E-state index contributed by atoms with van der Waals surface area (Å²) in [5.74, 6) is -1.59. The quantitative estimate of drug-likeness (QED) is 0.491. The zero-order chi connectivity index (χ0) is 16.3. The number of rotatable bonds is 4. The van der Waals surface area contributed by atoms with Crippen molar-refractivity contribution >= 4 is 23.4 Å². The number of carbonyl (C=O) groups excluding carboxylic acids is 2. The highest BCUT2D eigenvalue weighted by atomic mass is 35.5. The van der Waals surface area contributed by atoms with Gasteiger partial charge in [-0.15, -0.1) is 0 Å². The summed E-state index contributed by atoms with van der Waals surface area (Å²) in [5.41, 5.74) is 1.70. The number of nitrogens with zero attached hydrogens (tertiary/aromatic N) is 1. The van der Waals surface area contributed by atoms with Crippen molar-refractivity contribution in [2.45, 2.75) is 13.8 Å². The summed E-state index contributed by atoms with van der Waals surface area (Å²) in [6, 6.07) is 6.69. The summed E-state index contributed by atoms with van der Waals surface area (Å²) < 4.78 is 17.8. The van der Waals surface area contributed by atoms with Crippen LogP contribution in [0, 0.1) is 19.7 Å². The second-order valence-corrected chi connectivity index (χ2v) is 5.11. The lowest BCUT2D eigenvalue weighted by Gasteiger charge is -2.09. The summed E-state index contributed by atoms with van der Waals surface area (Å²) in [7, 11) is 0. The third-order valence-corrected chi connectivity index (χ3v) is 3.28. The van der Waals surface area contributed by atoms with Crippen molar-refractivity contribution < 1.29 is 18.7 Å². The van der Waals surface area contributed by atoms with Crippen molar-refractivity contribution in [2.75, 3.05) is 6.61 Å². The number of aryl methyl sites for hydroxylation is 2. The van der Waals surface area contributed by atoms with Gasteiger partial charge in [0.25, 0.3) is 0 Å². The van der Waals surface area contributed by atoms with Crippen LogP contribution < -0.4 is 0 Å². The van der Waals surface area contributed by atoms with Crippen molar-refractivity contribution in [3.05, 3.63) is 63.7 Å². The largest absolute Gasteiger partial charge is 0.454 e. The van der Waals surface area contributed by atoms with Gasteiger partial charge in [0.05, 0.1) is 5.56 Å². The highest BCUT2D eigenvalue weighted by Crippen LogP contribution is 2.19. The van der Waals surface area contributed by atoms with E-state index in [4.69, 9.17) is 16.3 Å². The molecule has 1 heterocycles. The Balaban J connectivity index is 2.07. The molecule has 1 aromatic heterocycles. The number of hydrogen-bond donors (Lipinski definition) is 0. The molecular weight excluding hydrogens is 309 g/mol. The Morgan fingerprint density at radius 3 is 2.45 bits per heavy atom. The minimum Gasteiger partial charge on any atom is -0.454 e. The first-order chi connectivity index (χ1) is 10.4. The van der Waals surface area contributed by atoms with Crippen LogP contribution in [0.3, 0.4) is 0 Å². The van der Waals surface area contributed by atoms with Gasteiger partial charge in [-0.1, -0.05) is 11.6 Å². The van der Waals surface area contributed by atoms with Crippen molar-refractivity contribution in [3.63, 3.8) is 0 Å². The van der Waals surface area contributed by atoms with Crippen LogP contribution in [0.25, 0.3) is 0 Å². The maximum atomic E-state index is 12.8. The molecular formula is C16H13ClFNO3. The number of ether oxygens (including phenoxy) is 1. The van der Waals surface area contributed by atoms with Crippen LogP contribution in [-0.2, 0) is 4.74 Å². The molecule has 0 bridgehead atoms. The number of esters is 1. The molecule has 1 aromatic carbocycles. The van der Waals surface area contributed by atoms with E-state index in [2.05, 4.69) is 4.98 Å². The number of halogens is 2. The van der Waals surface area contributed by atoms with Gasteiger partial charge in [-0.25, -0.2) is 14.2 Å². The first-order valence-electron chi connectivity index (χ1n) is 6.48. The Morgan fingerprint density at radius 2 is 1.86 bits per heavy atom. The number of Topliss-reactive ketones (excluding diaryl/α,β-unsaturated/α-hetero) is 1. The molecule has 0 unspecified atom stereocenters. The Labute approximate surface area is 131 Å². The van der Waals surface area contributed by atoms with Gasteiger partial charge in [-0.05, 0) is 49.7 Å². The lowest BCUT2D eigenvalue weighted by Crippen LogP contribution is -2.16. The second kappa shape index (κ2) is 6.66. The smallest absolute Gasteiger partial charge is 0.342 e. The number of hydrogen-bond acceptors (Lipinski definition) is 4. The van der Waals surface area contributed by atoms with E-state index in [1.807, 2.05) is 0 Å². The monoisotopic (exact) mass is 321 g/mol. The fourth-order valence-corrected chi connectivity index (χ4v) is 2.32. The highest BCUT2D eigenvalue weighted by Gasteiger charge is 2.18. The number of benzene rings is 1. The van der Waals surface area contributed by atoms with E-state index in [0.29, 0.717) is 11.3 Å². The molecule has 6 heteroatoms. The van der Waals surface area contributed by atoms with E-state index in [-0.39, 0.29) is 16.3 Å². The van der Waals surface area contributed by atoms with E-state index < -0.39 is 24.2 Å². The zero-order valence-corrected chi connectivity index (χ0v) is 12.8. The SMILES string of the molecule is Cc1cc(C)c(C(=O)OCC(=O)c2ccc(F)cc2)c(Cl)n1. The molecule has 0 saturated carbocycles. The van der Waals surface area contributed by atoms with Crippen molar-refractivity contribution in [1.82, 2.24) is 4.98 Å². The number of aromatic nitrogens is 1. The van der Waals surface area contributed by atoms with Gasteiger partial charge >= 0.3 is 5.97 Å². The third kappa shape index (κ3) is 3.68. The number of carbonyl (C=O) groups is 2. The third-order valence-electron chi connectivity index (χ3n) is 3.01. The van der Waals surface area contributed by atoms with E-state index in [0.717, 1.165) is 0 Å². The molecule has 2 aromatic rings. The lowest BCUT2D eigenvalue weighted by molar-refractivity contribution is 0.0473. The van der Waals surface area contributed by atoms with Gasteiger partial charge in [0.1, 0.15) is 11.0 Å². The van der Waals surface area contributed by atoms with Gasteiger partial charge in [-0.2, -0.15) is 0 Å². The molecule has 0 aliphatic carbocycles. The van der Waals surface area contributed by atoms with Crippen LogP contribution in [-0.4, -0.2) is 23.3 Å². The molecule has 0 aliphatic heterocycles. The molecule has 0 N–H and O–H groups in total.